The van der Waals surface area contributed by atoms with Crippen LogP contribution in [0.3, 0.4) is 0 Å². The Kier molecular flexibility index (Phi) is 7.19. The molecule has 2 heterocycles. The molecule has 33 heavy (non-hydrogen) atoms. The van der Waals surface area contributed by atoms with Crippen LogP contribution >= 0.6 is 11.8 Å². The fourth-order valence-corrected chi connectivity index (χ4v) is 6.69. The molecule has 0 N–H and O–H groups in total. The number of aryl methyl sites for hydroxylation is 1. The molecule has 0 aliphatic carbocycles. The molecule has 1 amide bonds. The quantitative estimate of drug-likeness (QED) is 0.453. The van der Waals surface area contributed by atoms with E-state index < -0.39 is 9.84 Å². The van der Waals surface area contributed by atoms with Crippen molar-refractivity contribution in [3.8, 4) is 17.1 Å². The average Bonchev–Trinajstić information content (AvgIpc) is 3.39. The van der Waals surface area contributed by atoms with Crippen molar-refractivity contribution in [3.05, 3.63) is 60.2 Å². The van der Waals surface area contributed by atoms with Gasteiger partial charge in [0, 0.05) is 23.8 Å². The summed E-state index contributed by atoms with van der Waals surface area (Å²) in [5, 5.41) is 9.47. The molecule has 0 bridgehead atoms. The molecule has 7 nitrogen and oxygen atoms in total. The predicted molar refractivity (Wildman–Crippen MR) is 131 cm³/mol. The van der Waals surface area contributed by atoms with Crippen molar-refractivity contribution in [2.45, 2.75) is 37.9 Å². The molecule has 3 aromatic rings. The van der Waals surface area contributed by atoms with Crippen LogP contribution in [0.2, 0.25) is 0 Å². The van der Waals surface area contributed by atoms with Crippen molar-refractivity contribution in [3.63, 3.8) is 0 Å². The number of sulfone groups is 1. The van der Waals surface area contributed by atoms with Gasteiger partial charge in [-0.2, -0.15) is 0 Å². The highest BCUT2D eigenvalue weighted by atomic mass is 32.2. The zero-order chi connectivity index (χ0) is 23.4. The molecule has 9 heteroatoms. The zero-order valence-corrected chi connectivity index (χ0v) is 20.5. The van der Waals surface area contributed by atoms with E-state index in [1.165, 1.54) is 11.8 Å². The number of nitrogens with zero attached hydrogens (tertiary/aromatic N) is 4. The number of rotatable bonds is 8. The minimum atomic E-state index is -3.06. The molecule has 1 aliphatic rings. The third kappa shape index (κ3) is 5.47. The SMILES string of the molecule is CCCN(C(=O)CSc1nnc(-c2ccccc2)n1-c1cccc(C)c1)[C@@H]1CCS(=O)(=O)C1. The Morgan fingerprint density at radius 1 is 1.15 bits per heavy atom. The lowest BCUT2D eigenvalue weighted by atomic mass is 10.2. The Morgan fingerprint density at radius 2 is 1.94 bits per heavy atom. The highest BCUT2D eigenvalue weighted by Crippen LogP contribution is 2.29. The number of hydrogen-bond acceptors (Lipinski definition) is 6. The number of thioether (sulfide) groups is 1. The zero-order valence-electron chi connectivity index (χ0n) is 18.8. The summed E-state index contributed by atoms with van der Waals surface area (Å²) in [5.74, 6) is 1.03. The standard InChI is InChI=1S/C24H28N4O3S2/c1-3-13-27(21-12-14-33(30,31)17-21)22(29)16-32-24-26-25-23(19-9-5-4-6-10-19)28(24)20-11-7-8-18(2)15-20/h4-11,15,21H,3,12-14,16-17H2,1-2H3/t21-/m1/s1. The number of hydrogen-bond donors (Lipinski definition) is 0. The summed E-state index contributed by atoms with van der Waals surface area (Å²) in [5.41, 5.74) is 2.98. The Bertz CT molecular complexity index is 1230. The topological polar surface area (TPSA) is 85.2 Å². The van der Waals surface area contributed by atoms with Crippen molar-refractivity contribution in [2.24, 2.45) is 0 Å². The van der Waals surface area contributed by atoms with E-state index in [0.29, 0.717) is 23.9 Å². The molecule has 0 saturated carbocycles. The second kappa shape index (κ2) is 10.1. The lowest BCUT2D eigenvalue weighted by Gasteiger charge is -2.27. The lowest BCUT2D eigenvalue weighted by molar-refractivity contribution is -0.130. The first-order chi connectivity index (χ1) is 15.9. The van der Waals surface area contributed by atoms with Gasteiger partial charge in [0.1, 0.15) is 0 Å². The van der Waals surface area contributed by atoms with Gasteiger partial charge in [0.15, 0.2) is 20.8 Å². The van der Waals surface area contributed by atoms with Gasteiger partial charge in [-0.3, -0.25) is 9.36 Å². The van der Waals surface area contributed by atoms with Gasteiger partial charge in [-0.15, -0.1) is 10.2 Å². The number of amides is 1. The summed E-state index contributed by atoms with van der Waals surface area (Å²) in [7, 11) is -3.06. The molecule has 1 atom stereocenters. The van der Waals surface area contributed by atoms with E-state index in [0.717, 1.165) is 23.2 Å². The van der Waals surface area contributed by atoms with Crippen molar-refractivity contribution in [2.75, 3.05) is 23.8 Å². The summed E-state index contributed by atoms with van der Waals surface area (Å²) in [6, 6.07) is 17.7. The van der Waals surface area contributed by atoms with E-state index in [-0.39, 0.29) is 29.2 Å². The van der Waals surface area contributed by atoms with E-state index >= 15 is 0 Å². The van der Waals surface area contributed by atoms with E-state index in [2.05, 4.69) is 16.3 Å². The largest absolute Gasteiger partial charge is 0.338 e. The second-order valence-corrected chi connectivity index (χ2v) is 11.5. The minimum Gasteiger partial charge on any atom is -0.338 e. The van der Waals surface area contributed by atoms with Crippen molar-refractivity contribution in [1.29, 1.82) is 0 Å². The molecule has 2 aromatic carbocycles. The van der Waals surface area contributed by atoms with Crippen LogP contribution in [0.5, 0.6) is 0 Å². The average molecular weight is 485 g/mol. The number of aromatic nitrogens is 3. The third-order valence-corrected chi connectivity index (χ3v) is 8.35. The van der Waals surface area contributed by atoms with E-state index in [1.54, 1.807) is 4.90 Å². The summed E-state index contributed by atoms with van der Waals surface area (Å²) in [6.45, 7) is 4.58. The van der Waals surface area contributed by atoms with Gasteiger partial charge in [0.2, 0.25) is 5.91 Å². The molecule has 1 saturated heterocycles. The molecular weight excluding hydrogens is 456 g/mol. The van der Waals surface area contributed by atoms with Crippen molar-refractivity contribution < 1.29 is 13.2 Å². The summed E-state index contributed by atoms with van der Waals surface area (Å²) in [6.07, 6.45) is 1.29. The Morgan fingerprint density at radius 3 is 2.61 bits per heavy atom. The number of carbonyl (C=O) groups excluding carboxylic acids is 1. The maximum Gasteiger partial charge on any atom is 0.233 e. The molecule has 1 aliphatic heterocycles. The molecule has 0 radical (unpaired) electrons. The minimum absolute atomic E-state index is 0.0566. The van der Waals surface area contributed by atoms with Gasteiger partial charge in [-0.1, -0.05) is 61.2 Å². The highest BCUT2D eigenvalue weighted by molar-refractivity contribution is 7.99. The van der Waals surface area contributed by atoms with Gasteiger partial charge in [-0.25, -0.2) is 8.42 Å². The fraction of sp³-hybridized carbons (Fsp3) is 0.375. The fourth-order valence-electron chi connectivity index (χ4n) is 4.12. The second-order valence-electron chi connectivity index (χ2n) is 8.28. The van der Waals surface area contributed by atoms with Crippen molar-refractivity contribution >= 4 is 27.5 Å². The van der Waals surface area contributed by atoms with E-state index in [1.807, 2.05) is 66.9 Å². The maximum atomic E-state index is 13.1. The molecule has 174 valence electrons. The van der Waals surface area contributed by atoms with Gasteiger partial charge < -0.3 is 4.90 Å². The maximum absolute atomic E-state index is 13.1. The molecule has 0 unspecified atom stereocenters. The Hall–Kier alpha value is -2.65. The van der Waals surface area contributed by atoms with Crippen LogP contribution in [0.1, 0.15) is 25.3 Å². The van der Waals surface area contributed by atoms with Crippen LogP contribution in [-0.4, -0.2) is 63.8 Å². The normalized spacial score (nSPS) is 17.2. The van der Waals surface area contributed by atoms with Crippen LogP contribution in [0, 0.1) is 6.92 Å². The van der Waals surface area contributed by atoms with Gasteiger partial charge in [-0.05, 0) is 37.5 Å². The van der Waals surface area contributed by atoms with Gasteiger partial charge >= 0.3 is 0 Å². The summed E-state index contributed by atoms with van der Waals surface area (Å²) >= 11 is 1.33. The highest BCUT2D eigenvalue weighted by Gasteiger charge is 2.34. The van der Waals surface area contributed by atoms with Crippen molar-refractivity contribution in [1.82, 2.24) is 19.7 Å². The van der Waals surface area contributed by atoms with Crippen LogP contribution in [0.25, 0.3) is 17.1 Å². The van der Waals surface area contributed by atoms with Gasteiger partial charge in [0.25, 0.3) is 0 Å². The van der Waals surface area contributed by atoms with Crippen LogP contribution in [-0.2, 0) is 14.6 Å². The predicted octanol–water partition coefficient (Wildman–Crippen LogP) is 3.76. The number of carbonyl (C=O) groups is 1. The van der Waals surface area contributed by atoms with Crippen LogP contribution in [0.4, 0.5) is 0 Å². The molecule has 1 fully saturated rings. The Balaban J connectivity index is 1.60. The summed E-state index contributed by atoms with van der Waals surface area (Å²) in [4.78, 5) is 14.9. The van der Waals surface area contributed by atoms with Gasteiger partial charge in [0.05, 0.1) is 17.3 Å². The summed E-state index contributed by atoms with van der Waals surface area (Å²) < 4.78 is 25.9. The monoisotopic (exact) mass is 484 g/mol. The number of benzene rings is 2. The van der Waals surface area contributed by atoms with Crippen LogP contribution in [0.15, 0.2) is 59.8 Å². The third-order valence-electron chi connectivity index (χ3n) is 5.68. The first-order valence-corrected chi connectivity index (χ1v) is 13.9. The van der Waals surface area contributed by atoms with E-state index in [9.17, 15) is 13.2 Å². The lowest BCUT2D eigenvalue weighted by Crippen LogP contribution is -2.42. The van der Waals surface area contributed by atoms with E-state index in [4.69, 9.17) is 0 Å². The molecule has 1 aromatic heterocycles. The molecule has 4 rings (SSSR count). The molecule has 0 spiro atoms. The van der Waals surface area contributed by atoms with Crippen LogP contribution < -0.4 is 0 Å². The first kappa shape index (κ1) is 23.5. The smallest absolute Gasteiger partial charge is 0.233 e. The first-order valence-electron chi connectivity index (χ1n) is 11.1. The Labute approximate surface area is 199 Å². The molecular formula is C24H28N4O3S2.